The number of nitrogens with zero attached hydrogens (tertiary/aromatic N) is 4. The van der Waals surface area contributed by atoms with Gasteiger partial charge in [0, 0.05) is 22.0 Å². The van der Waals surface area contributed by atoms with Crippen LogP contribution in [0.25, 0.3) is 11.3 Å². The molecule has 4 rings (SSSR count). The van der Waals surface area contributed by atoms with E-state index >= 15 is 0 Å². The minimum atomic E-state index is -0.137. The van der Waals surface area contributed by atoms with E-state index in [0.717, 1.165) is 21.5 Å². The summed E-state index contributed by atoms with van der Waals surface area (Å²) in [6.45, 7) is 3.00. The predicted octanol–water partition coefficient (Wildman–Crippen LogP) is 5.49. The van der Waals surface area contributed by atoms with Gasteiger partial charge in [0.25, 0.3) is 0 Å². The number of carbonyl (C=O) groups is 1. The van der Waals surface area contributed by atoms with Crippen LogP contribution in [0, 0.1) is 0 Å². The lowest BCUT2D eigenvalue weighted by molar-refractivity contribution is -0.113. The summed E-state index contributed by atoms with van der Waals surface area (Å²) < 4.78 is 8.75. The molecule has 2 aromatic carbocycles. The standard InChI is InChI=1S/C22H20BrN5O2S2/c1-2-28-19(12-30-17-10-8-16(23)9-11-17)26-27-22(28)32-14-20(29)25-21-24-18(13-31-21)15-6-4-3-5-7-15/h3-11,13H,2,12,14H2,1H3,(H,24,25,29). The summed E-state index contributed by atoms with van der Waals surface area (Å²) in [5, 5.41) is 14.5. The first-order chi connectivity index (χ1) is 15.6. The Morgan fingerprint density at radius 2 is 1.94 bits per heavy atom. The number of nitrogens with one attached hydrogen (secondary N) is 1. The van der Waals surface area contributed by atoms with E-state index in [2.05, 4.69) is 36.4 Å². The molecule has 0 bridgehead atoms. The Balaban J connectivity index is 1.32. The number of benzene rings is 2. The lowest BCUT2D eigenvalue weighted by Crippen LogP contribution is -2.14. The van der Waals surface area contributed by atoms with Crippen LogP contribution in [-0.2, 0) is 17.9 Å². The zero-order chi connectivity index (χ0) is 22.3. The molecule has 7 nitrogen and oxygen atoms in total. The average Bonchev–Trinajstić information content (AvgIpc) is 3.44. The number of hydrogen-bond donors (Lipinski definition) is 1. The summed E-state index contributed by atoms with van der Waals surface area (Å²) >= 11 is 6.15. The predicted molar refractivity (Wildman–Crippen MR) is 131 cm³/mol. The highest BCUT2D eigenvalue weighted by Gasteiger charge is 2.15. The maximum Gasteiger partial charge on any atom is 0.236 e. The topological polar surface area (TPSA) is 81.9 Å². The van der Waals surface area contributed by atoms with Gasteiger partial charge in [-0.3, -0.25) is 4.79 Å². The molecule has 0 radical (unpaired) electrons. The molecule has 0 saturated carbocycles. The van der Waals surface area contributed by atoms with E-state index in [0.29, 0.717) is 29.3 Å². The third-order valence-corrected chi connectivity index (χ3v) is 6.70. The third kappa shape index (κ3) is 5.76. The Bertz CT molecular complexity index is 1180. The van der Waals surface area contributed by atoms with Crippen LogP contribution < -0.4 is 10.1 Å². The number of anilines is 1. The monoisotopic (exact) mass is 529 g/mol. The number of aromatic nitrogens is 4. The van der Waals surface area contributed by atoms with Gasteiger partial charge in [0.2, 0.25) is 5.91 Å². The number of amides is 1. The van der Waals surface area contributed by atoms with Gasteiger partial charge in [-0.1, -0.05) is 58.0 Å². The van der Waals surface area contributed by atoms with Crippen LogP contribution in [-0.4, -0.2) is 31.4 Å². The second-order valence-electron chi connectivity index (χ2n) is 6.63. The molecule has 0 aliphatic rings. The van der Waals surface area contributed by atoms with Crippen molar-refractivity contribution < 1.29 is 9.53 Å². The Hall–Kier alpha value is -2.69. The minimum Gasteiger partial charge on any atom is -0.486 e. The van der Waals surface area contributed by atoms with Gasteiger partial charge in [0.05, 0.1) is 11.4 Å². The van der Waals surface area contributed by atoms with Gasteiger partial charge in [-0.05, 0) is 31.2 Å². The minimum absolute atomic E-state index is 0.137. The van der Waals surface area contributed by atoms with Crippen LogP contribution in [0.3, 0.4) is 0 Å². The van der Waals surface area contributed by atoms with Gasteiger partial charge in [0.15, 0.2) is 16.1 Å². The fourth-order valence-electron chi connectivity index (χ4n) is 2.89. The number of thiazole rings is 1. The summed E-state index contributed by atoms with van der Waals surface area (Å²) in [5.41, 5.74) is 1.87. The first-order valence-corrected chi connectivity index (χ1v) is 12.5. The van der Waals surface area contributed by atoms with Crippen molar-refractivity contribution >= 4 is 50.1 Å². The Morgan fingerprint density at radius 3 is 2.69 bits per heavy atom. The van der Waals surface area contributed by atoms with E-state index in [1.54, 1.807) is 0 Å². The number of thioether (sulfide) groups is 1. The van der Waals surface area contributed by atoms with Crippen LogP contribution in [0.4, 0.5) is 5.13 Å². The number of carbonyl (C=O) groups excluding carboxylic acids is 1. The molecule has 4 aromatic rings. The smallest absolute Gasteiger partial charge is 0.236 e. The molecular formula is C22H20BrN5O2S2. The maximum absolute atomic E-state index is 12.4. The van der Waals surface area contributed by atoms with Crippen molar-refractivity contribution in [3.8, 4) is 17.0 Å². The van der Waals surface area contributed by atoms with Crippen LogP contribution in [0.2, 0.25) is 0 Å². The average molecular weight is 530 g/mol. The number of ether oxygens (including phenoxy) is 1. The molecule has 0 fully saturated rings. The summed E-state index contributed by atoms with van der Waals surface area (Å²) in [7, 11) is 0. The van der Waals surface area contributed by atoms with Crippen LogP contribution >= 0.6 is 39.0 Å². The van der Waals surface area contributed by atoms with Crippen LogP contribution in [0.1, 0.15) is 12.7 Å². The fourth-order valence-corrected chi connectivity index (χ4v) is 4.71. The van der Waals surface area contributed by atoms with Crippen molar-refractivity contribution in [2.24, 2.45) is 0 Å². The second-order valence-corrected chi connectivity index (χ2v) is 9.34. The fraction of sp³-hybridized carbons (Fsp3) is 0.182. The molecule has 0 aliphatic heterocycles. The van der Waals surface area contributed by atoms with E-state index in [1.165, 1.54) is 23.1 Å². The Labute approximate surface area is 202 Å². The number of rotatable bonds is 9. The second kappa shape index (κ2) is 10.8. The van der Waals surface area contributed by atoms with Crippen LogP contribution in [0.5, 0.6) is 5.75 Å². The lowest BCUT2D eigenvalue weighted by atomic mass is 10.2. The summed E-state index contributed by atoms with van der Waals surface area (Å²) in [5.74, 6) is 1.55. The van der Waals surface area contributed by atoms with Gasteiger partial charge >= 0.3 is 0 Å². The van der Waals surface area contributed by atoms with Crippen molar-refractivity contribution in [1.82, 2.24) is 19.7 Å². The first kappa shape index (κ1) is 22.5. The SMILES string of the molecule is CCn1c(COc2ccc(Br)cc2)nnc1SCC(=O)Nc1nc(-c2ccccc2)cs1. The molecule has 0 saturated heterocycles. The maximum atomic E-state index is 12.4. The van der Waals surface area contributed by atoms with Crippen molar-refractivity contribution in [2.75, 3.05) is 11.1 Å². The molecule has 0 spiro atoms. The molecule has 2 aromatic heterocycles. The summed E-state index contributed by atoms with van der Waals surface area (Å²) in [6.07, 6.45) is 0. The molecule has 0 unspecified atom stereocenters. The Morgan fingerprint density at radius 1 is 1.16 bits per heavy atom. The number of halogens is 1. The van der Waals surface area contributed by atoms with Crippen LogP contribution in [0.15, 0.2) is 69.6 Å². The summed E-state index contributed by atoms with van der Waals surface area (Å²) in [4.78, 5) is 16.9. The van der Waals surface area contributed by atoms with Crippen molar-refractivity contribution in [2.45, 2.75) is 25.2 Å². The lowest BCUT2D eigenvalue weighted by Gasteiger charge is -2.09. The molecule has 32 heavy (non-hydrogen) atoms. The van der Waals surface area contributed by atoms with Gasteiger partial charge < -0.3 is 14.6 Å². The molecule has 1 amide bonds. The largest absolute Gasteiger partial charge is 0.486 e. The molecule has 10 heteroatoms. The molecular weight excluding hydrogens is 510 g/mol. The van der Waals surface area contributed by atoms with Crippen molar-refractivity contribution in [3.05, 3.63) is 70.3 Å². The molecule has 0 atom stereocenters. The highest BCUT2D eigenvalue weighted by atomic mass is 79.9. The molecule has 0 aliphatic carbocycles. The highest BCUT2D eigenvalue weighted by Crippen LogP contribution is 2.25. The van der Waals surface area contributed by atoms with Gasteiger partial charge in [-0.2, -0.15) is 0 Å². The molecule has 1 N–H and O–H groups in total. The zero-order valence-electron chi connectivity index (χ0n) is 17.2. The molecule has 164 valence electrons. The normalized spacial score (nSPS) is 10.8. The van der Waals surface area contributed by atoms with Gasteiger partial charge in [-0.25, -0.2) is 4.98 Å². The molecule has 2 heterocycles. The van der Waals surface area contributed by atoms with E-state index in [9.17, 15) is 4.79 Å². The number of hydrogen-bond acceptors (Lipinski definition) is 7. The Kier molecular flexibility index (Phi) is 7.56. The highest BCUT2D eigenvalue weighted by molar-refractivity contribution is 9.10. The first-order valence-electron chi connectivity index (χ1n) is 9.86. The summed E-state index contributed by atoms with van der Waals surface area (Å²) in [6, 6.07) is 17.5. The zero-order valence-corrected chi connectivity index (χ0v) is 20.4. The van der Waals surface area contributed by atoms with Crippen molar-refractivity contribution in [3.63, 3.8) is 0 Å². The van der Waals surface area contributed by atoms with E-state index < -0.39 is 0 Å². The van der Waals surface area contributed by atoms with Gasteiger partial charge in [0.1, 0.15) is 12.4 Å². The van der Waals surface area contributed by atoms with E-state index in [4.69, 9.17) is 4.74 Å². The van der Waals surface area contributed by atoms with E-state index in [1.807, 2.05) is 71.5 Å². The van der Waals surface area contributed by atoms with Gasteiger partial charge in [-0.15, -0.1) is 21.5 Å². The van der Waals surface area contributed by atoms with E-state index in [-0.39, 0.29) is 11.7 Å². The third-order valence-electron chi connectivity index (χ3n) is 4.44. The van der Waals surface area contributed by atoms with Crippen molar-refractivity contribution in [1.29, 1.82) is 0 Å². The quantitative estimate of drug-likeness (QED) is 0.288.